The first-order valence-electron chi connectivity index (χ1n) is 4.07. The first-order valence-corrected chi connectivity index (χ1v) is 4.45. The zero-order valence-corrected chi connectivity index (χ0v) is 8.20. The average molecular weight is 195 g/mol. The van der Waals surface area contributed by atoms with Crippen molar-refractivity contribution in [1.82, 2.24) is 9.97 Å². The Labute approximate surface area is 83.0 Å². The Bertz CT molecular complexity index is 301. The molecule has 0 N–H and O–H groups in total. The van der Waals surface area contributed by atoms with E-state index in [0.717, 1.165) is 12.0 Å². The van der Waals surface area contributed by atoms with E-state index in [1.165, 1.54) is 0 Å². The third-order valence-electron chi connectivity index (χ3n) is 1.47. The van der Waals surface area contributed by atoms with Gasteiger partial charge in [0.2, 0.25) is 5.28 Å². The van der Waals surface area contributed by atoms with Crippen LogP contribution in [0.15, 0.2) is 36.7 Å². The minimum atomic E-state index is 0.293. The van der Waals surface area contributed by atoms with Crippen LogP contribution >= 0.6 is 11.6 Å². The standard InChI is InChI=1S/C10H11ClN2/c1-2-3-4-5-6-9-7-12-10(11)13-8-9/h2-5,7-8H,6H2,1H3/b3-2-,5-4-. The number of aromatic nitrogens is 2. The van der Waals surface area contributed by atoms with Crippen molar-refractivity contribution in [1.29, 1.82) is 0 Å². The lowest BCUT2D eigenvalue weighted by Gasteiger charge is -1.93. The molecule has 0 atom stereocenters. The molecule has 1 rings (SSSR count). The van der Waals surface area contributed by atoms with Gasteiger partial charge in [-0.1, -0.05) is 24.3 Å². The van der Waals surface area contributed by atoms with Crippen LogP contribution in [0.2, 0.25) is 5.28 Å². The lowest BCUT2D eigenvalue weighted by atomic mass is 10.2. The summed E-state index contributed by atoms with van der Waals surface area (Å²) in [6.45, 7) is 1.98. The number of allylic oxidation sites excluding steroid dienone is 4. The molecule has 0 spiro atoms. The third kappa shape index (κ3) is 3.85. The fourth-order valence-corrected chi connectivity index (χ4v) is 0.936. The molecule has 0 aliphatic carbocycles. The van der Waals surface area contributed by atoms with Crippen molar-refractivity contribution < 1.29 is 0 Å². The number of nitrogens with zero attached hydrogens (tertiary/aromatic N) is 2. The Hall–Kier alpha value is -1.15. The molecule has 13 heavy (non-hydrogen) atoms. The van der Waals surface area contributed by atoms with Gasteiger partial charge in [0.15, 0.2) is 0 Å². The molecule has 1 heterocycles. The fraction of sp³-hybridized carbons (Fsp3) is 0.200. The van der Waals surface area contributed by atoms with E-state index >= 15 is 0 Å². The van der Waals surface area contributed by atoms with Crippen molar-refractivity contribution in [2.45, 2.75) is 13.3 Å². The molecule has 1 aromatic rings. The van der Waals surface area contributed by atoms with Crippen LogP contribution in [-0.4, -0.2) is 9.97 Å². The second-order valence-electron chi connectivity index (χ2n) is 2.52. The first-order chi connectivity index (χ1) is 6.33. The molecule has 0 saturated carbocycles. The van der Waals surface area contributed by atoms with Crippen LogP contribution in [0.3, 0.4) is 0 Å². The van der Waals surface area contributed by atoms with Gasteiger partial charge in [-0.05, 0) is 30.5 Å². The van der Waals surface area contributed by atoms with E-state index in [1.807, 2.05) is 31.2 Å². The molecular formula is C10H11ClN2. The molecule has 0 radical (unpaired) electrons. The highest BCUT2D eigenvalue weighted by Crippen LogP contribution is 2.01. The predicted octanol–water partition coefficient (Wildman–Crippen LogP) is 2.80. The molecule has 0 aliphatic rings. The van der Waals surface area contributed by atoms with Crippen LogP contribution in [0.25, 0.3) is 0 Å². The molecule has 3 heteroatoms. The summed E-state index contributed by atoms with van der Waals surface area (Å²) in [5.41, 5.74) is 1.06. The minimum absolute atomic E-state index is 0.293. The molecule has 1 aromatic heterocycles. The smallest absolute Gasteiger partial charge is 0.222 e. The molecule has 0 unspecified atom stereocenters. The summed E-state index contributed by atoms with van der Waals surface area (Å²) in [5, 5.41) is 0.293. The van der Waals surface area contributed by atoms with E-state index < -0.39 is 0 Å². The summed E-state index contributed by atoms with van der Waals surface area (Å²) in [6.07, 6.45) is 12.3. The maximum atomic E-state index is 5.54. The van der Waals surface area contributed by atoms with Gasteiger partial charge in [0, 0.05) is 12.4 Å². The maximum Gasteiger partial charge on any atom is 0.222 e. The van der Waals surface area contributed by atoms with Crippen molar-refractivity contribution >= 4 is 11.6 Å². The highest BCUT2D eigenvalue weighted by molar-refractivity contribution is 6.28. The zero-order chi connectivity index (χ0) is 9.52. The topological polar surface area (TPSA) is 25.8 Å². The molecule has 68 valence electrons. The molecule has 0 fully saturated rings. The molecular weight excluding hydrogens is 184 g/mol. The SMILES string of the molecule is C/C=C\C=C/Cc1cnc(Cl)nc1. The number of hydrogen-bond donors (Lipinski definition) is 0. The Balaban J connectivity index is 2.50. The largest absolute Gasteiger partial charge is 0.226 e. The minimum Gasteiger partial charge on any atom is -0.226 e. The van der Waals surface area contributed by atoms with Gasteiger partial charge < -0.3 is 0 Å². The lowest BCUT2D eigenvalue weighted by molar-refractivity contribution is 1.09. The second kappa shape index (κ2) is 5.49. The summed E-state index contributed by atoms with van der Waals surface area (Å²) in [5.74, 6) is 0. The number of hydrogen-bond acceptors (Lipinski definition) is 2. The van der Waals surface area contributed by atoms with Gasteiger partial charge in [0.05, 0.1) is 0 Å². The summed E-state index contributed by atoms with van der Waals surface area (Å²) in [6, 6.07) is 0. The van der Waals surface area contributed by atoms with E-state index in [4.69, 9.17) is 11.6 Å². The van der Waals surface area contributed by atoms with Gasteiger partial charge in [0.25, 0.3) is 0 Å². The molecule has 2 nitrogen and oxygen atoms in total. The van der Waals surface area contributed by atoms with Crippen LogP contribution in [0.5, 0.6) is 0 Å². The van der Waals surface area contributed by atoms with Gasteiger partial charge in [-0.15, -0.1) is 0 Å². The second-order valence-corrected chi connectivity index (χ2v) is 2.86. The maximum absolute atomic E-state index is 5.54. The van der Waals surface area contributed by atoms with Crippen molar-refractivity contribution in [3.63, 3.8) is 0 Å². The van der Waals surface area contributed by atoms with Crippen LogP contribution in [0.1, 0.15) is 12.5 Å². The molecule has 0 bridgehead atoms. The van der Waals surface area contributed by atoms with E-state index in [-0.39, 0.29) is 0 Å². The van der Waals surface area contributed by atoms with Crippen molar-refractivity contribution in [2.75, 3.05) is 0 Å². The van der Waals surface area contributed by atoms with Gasteiger partial charge in [-0.3, -0.25) is 0 Å². The van der Waals surface area contributed by atoms with E-state index in [1.54, 1.807) is 12.4 Å². The normalized spacial score (nSPS) is 11.5. The summed E-state index contributed by atoms with van der Waals surface area (Å²) in [4.78, 5) is 7.76. The van der Waals surface area contributed by atoms with Gasteiger partial charge in [-0.2, -0.15) is 0 Å². The number of halogens is 1. The van der Waals surface area contributed by atoms with Gasteiger partial charge >= 0.3 is 0 Å². The zero-order valence-electron chi connectivity index (χ0n) is 7.44. The highest BCUT2D eigenvalue weighted by Gasteiger charge is 1.91. The average Bonchev–Trinajstić information content (AvgIpc) is 2.15. The summed E-state index contributed by atoms with van der Waals surface area (Å²) in [7, 11) is 0. The Morgan fingerprint density at radius 3 is 2.62 bits per heavy atom. The molecule has 0 amide bonds. The van der Waals surface area contributed by atoms with Crippen molar-refractivity contribution in [2.24, 2.45) is 0 Å². The van der Waals surface area contributed by atoms with Crippen LogP contribution in [-0.2, 0) is 6.42 Å². The van der Waals surface area contributed by atoms with Crippen LogP contribution < -0.4 is 0 Å². The highest BCUT2D eigenvalue weighted by atomic mass is 35.5. The van der Waals surface area contributed by atoms with Crippen LogP contribution in [0, 0.1) is 0 Å². The lowest BCUT2D eigenvalue weighted by Crippen LogP contribution is -1.86. The Kier molecular flexibility index (Phi) is 4.19. The first kappa shape index (κ1) is 9.93. The fourth-order valence-electron chi connectivity index (χ4n) is 0.838. The molecule has 0 saturated heterocycles. The Morgan fingerprint density at radius 2 is 2.00 bits per heavy atom. The monoisotopic (exact) mass is 194 g/mol. The van der Waals surface area contributed by atoms with E-state index in [2.05, 4.69) is 9.97 Å². The van der Waals surface area contributed by atoms with E-state index in [0.29, 0.717) is 5.28 Å². The van der Waals surface area contributed by atoms with Crippen LogP contribution in [0.4, 0.5) is 0 Å². The van der Waals surface area contributed by atoms with E-state index in [9.17, 15) is 0 Å². The Morgan fingerprint density at radius 1 is 1.31 bits per heavy atom. The summed E-state index contributed by atoms with van der Waals surface area (Å²) >= 11 is 5.54. The molecule has 0 aliphatic heterocycles. The molecule has 0 aromatic carbocycles. The van der Waals surface area contributed by atoms with Crippen molar-refractivity contribution in [3.05, 3.63) is 47.5 Å². The third-order valence-corrected chi connectivity index (χ3v) is 1.66. The number of rotatable bonds is 3. The van der Waals surface area contributed by atoms with Gasteiger partial charge in [-0.25, -0.2) is 9.97 Å². The summed E-state index contributed by atoms with van der Waals surface area (Å²) < 4.78 is 0. The van der Waals surface area contributed by atoms with Gasteiger partial charge in [0.1, 0.15) is 0 Å². The quantitative estimate of drug-likeness (QED) is 0.546. The van der Waals surface area contributed by atoms with Crippen molar-refractivity contribution in [3.8, 4) is 0 Å². The predicted molar refractivity (Wildman–Crippen MR) is 54.7 cm³/mol.